The number of hydrogen-bond acceptors (Lipinski definition) is 3. The first-order valence-electron chi connectivity index (χ1n) is 5.68. The fourth-order valence-corrected chi connectivity index (χ4v) is 1.97. The van der Waals surface area contributed by atoms with E-state index in [0.29, 0.717) is 12.8 Å². The number of carbonyl (C=O) groups is 1. The summed E-state index contributed by atoms with van der Waals surface area (Å²) < 4.78 is 5.38. The second-order valence-electron chi connectivity index (χ2n) is 4.07. The number of rotatable bonds is 5. The fraction of sp³-hybridized carbons (Fsp3) is 0.462. The van der Waals surface area contributed by atoms with Crippen LogP contribution in [0.5, 0.6) is 5.75 Å². The van der Waals surface area contributed by atoms with E-state index in [4.69, 9.17) is 4.74 Å². The molecule has 0 aliphatic heterocycles. The van der Waals surface area contributed by atoms with Crippen molar-refractivity contribution in [3.8, 4) is 5.75 Å². The molecule has 4 heteroatoms. The minimum atomic E-state index is -0.0197. The number of hydrogen-bond donors (Lipinski definition) is 2. The van der Waals surface area contributed by atoms with Crippen molar-refractivity contribution in [2.24, 2.45) is 0 Å². The molecule has 0 saturated heterocycles. The Morgan fingerprint density at radius 1 is 1.35 bits per heavy atom. The van der Waals surface area contributed by atoms with E-state index >= 15 is 0 Å². The normalized spacial score (nSPS) is 10.1. The summed E-state index contributed by atoms with van der Waals surface area (Å²) in [6.07, 6.45) is 1.12. The van der Waals surface area contributed by atoms with Crippen molar-refractivity contribution < 1.29 is 9.53 Å². The smallest absolute Gasteiger partial charge is 0.234 e. The van der Waals surface area contributed by atoms with Crippen LogP contribution in [0.4, 0.5) is 0 Å². The van der Waals surface area contributed by atoms with E-state index in [1.54, 1.807) is 14.2 Å². The number of nitrogens with one attached hydrogen (secondary N) is 2. The predicted molar refractivity (Wildman–Crippen MR) is 68.0 cm³/mol. The number of methoxy groups -OCH3 is 1. The summed E-state index contributed by atoms with van der Waals surface area (Å²) in [5.41, 5.74) is 8.55. The zero-order valence-electron chi connectivity index (χ0n) is 10.9. The van der Waals surface area contributed by atoms with E-state index < -0.39 is 0 Å². The lowest BCUT2D eigenvalue weighted by molar-refractivity contribution is -0.121. The average molecular weight is 236 g/mol. The van der Waals surface area contributed by atoms with Crippen LogP contribution in [-0.4, -0.2) is 20.1 Å². The number of aryl methyl sites for hydroxylation is 3. The average Bonchev–Trinajstić information content (AvgIpc) is 2.26. The Balaban J connectivity index is 2.79. The van der Waals surface area contributed by atoms with Gasteiger partial charge in [-0.3, -0.25) is 10.2 Å². The summed E-state index contributed by atoms with van der Waals surface area (Å²) in [7, 11) is 3.34. The van der Waals surface area contributed by atoms with Crippen molar-refractivity contribution in [3.63, 3.8) is 0 Å². The molecular weight excluding hydrogens is 216 g/mol. The third-order valence-corrected chi connectivity index (χ3v) is 2.59. The Labute approximate surface area is 102 Å². The minimum absolute atomic E-state index is 0.0197. The van der Waals surface area contributed by atoms with Gasteiger partial charge in [-0.1, -0.05) is 17.7 Å². The lowest BCUT2D eigenvalue weighted by Gasteiger charge is -2.12. The molecule has 0 bridgehead atoms. The second-order valence-corrected chi connectivity index (χ2v) is 4.07. The number of hydrazine groups is 1. The first-order valence-corrected chi connectivity index (χ1v) is 5.68. The van der Waals surface area contributed by atoms with Gasteiger partial charge in [-0.2, -0.15) is 0 Å². The molecule has 0 heterocycles. The highest BCUT2D eigenvalue weighted by Crippen LogP contribution is 2.26. The molecule has 0 aliphatic carbocycles. The molecule has 17 heavy (non-hydrogen) atoms. The van der Waals surface area contributed by atoms with Crippen LogP contribution in [0.3, 0.4) is 0 Å². The van der Waals surface area contributed by atoms with Gasteiger partial charge in [-0.05, 0) is 31.4 Å². The molecule has 0 aliphatic rings. The first-order chi connectivity index (χ1) is 8.08. The van der Waals surface area contributed by atoms with Crippen molar-refractivity contribution in [1.29, 1.82) is 0 Å². The van der Waals surface area contributed by atoms with Crippen LogP contribution >= 0.6 is 0 Å². The molecule has 1 rings (SSSR count). The molecular formula is C13H20N2O2. The van der Waals surface area contributed by atoms with Crippen LogP contribution in [0.2, 0.25) is 0 Å². The molecule has 4 nitrogen and oxygen atoms in total. The van der Waals surface area contributed by atoms with Crippen LogP contribution in [0.1, 0.15) is 23.1 Å². The number of carbonyl (C=O) groups excluding carboxylic acids is 1. The Morgan fingerprint density at radius 2 is 2.06 bits per heavy atom. The van der Waals surface area contributed by atoms with E-state index in [1.165, 1.54) is 5.56 Å². The molecule has 0 aromatic heterocycles. The summed E-state index contributed by atoms with van der Waals surface area (Å²) >= 11 is 0. The zero-order valence-corrected chi connectivity index (χ0v) is 10.9. The van der Waals surface area contributed by atoms with Crippen LogP contribution in [0, 0.1) is 13.8 Å². The van der Waals surface area contributed by atoms with Gasteiger partial charge in [0.25, 0.3) is 0 Å². The Morgan fingerprint density at radius 3 is 2.65 bits per heavy atom. The van der Waals surface area contributed by atoms with Crippen molar-refractivity contribution in [2.75, 3.05) is 14.2 Å². The molecule has 0 spiro atoms. The van der Waals surface area contributed by atoms with Gasteiger partial charge < -0.3 is 4.74 Å². The molecule has 2 N–H and O–H groups in total. The molecule has 1 aromatic rings. The van der Waals surface area contributed by atoms with Crippen molar-refractivity contribution in [2.45, 2.75) is 26.7 Å². The van der Waals surface area contributed by atoms with E-state index in [0.717, 1.165) is 16.9 Å². The highest BCUT2D eigenvalue weighted by Gasteiger charge is 2.09. The maximum absolute atomic E-state index is 11.4. The van der Waals surface area contributed by atoms with E-state index in [1.807, 2.05) is 13.8 Å². The van der Waals surface area contributed by atoms with Crippen molar-refractivity contribution in [3.05, 3.63) is 28.8 Å². The summed E-state index contributed by atoms with van der Waals surface area (Å²) in [6.45, 7) is 4.06. The van der Waals surface area contributed by atoms with Gasteiger partial charge in [0, 0.05) is 13.5 Å². The molecule has 0 atom stereocenters. The maximum atomic E-state index is 11.4. The Hall–Kier alpha value is -1.55. The molecule has 94 valence electrons. The monoisotopic (exact) mass is 236 g/mol. The van der Waals surface area contributed by atoms with Gasteiger partial charge in [0.1, 0.15) is 5.75 Å². The first kappa shape index (κ1) is 13.5. The summed E-state index contributed by atoms with van der Waals surface area (Å²) in [6, 6.07) is 4.15. The highest BCUT2D eigenvalue weighted by atomic mass is 16.5. The van der Waals surface area contributed by atoms with E-state index in [-0.39, 0.29) is 5.91 Å². The predicted octanol–water partition coefficient (Wildman–Crippen LogP) is 1.50. The lowest BCUT2D eigenvalue weighted by Crippen LogP contribution is -2.34. The second kappa shape index (κ2) is 6.25. The molecule has 1 aromatic carbocycles. The molecule has 0 unspecified atom stereocenters. The maximum Gasteiger partial charge on any atom is 0.234 e. The van der Waals surface area contributed by atoms with E-state index in [2.05, 4.69) is 23.0 Å². The van der Waals surface area contributed by atoms with Crippen LogP contribution < -0.4 is 15.6 Å². The molecule has 0 radical (unpaired) electrons. The topological polar surface area (TPSA) is 50.4 Å². The van der Waals surface area contributed by atoms with Gasteiger partial charge in [0.15, 0.2) is 0 Å². The fourth-order valence-electron chi connectivity index (χ4n) is 1.97. The number of ether oxygens (including phenoxy) is 1. The lowest BCUT2D eigenvalue weighted by atomic mass is 10.0. The van der Waals surface area contributed by atoms with Gasteiger partial charge in [0.2, 0.25) is 5.91 Å². The van der Waals surface area contributed by atoms with Gasteiger partial charge in [-0.15, -0.1) is 0 Å². The minimum Gasteiger partial charge on any atom is -0.496 e. The summed E-state index contributed by atoms with van der Waals surface area (Å²) in [5.74, 6) is 0.863. The Kier molecular flexibility index (Phi) is 4.97. The van der Waals surface area contributed by atoms with Crippen LogP contribution in [0.15, 0.2) is 12.1 Å². The zero-order chi connectivity index (χ0) is 12.8. The van der Waals surface area contributed by atoms with Crippen molar-refractivity contribution >= 4 is 5.91 Å². The SMILES string of the molecule is CNNC(=O)CCc1cc(C)cc(C)c1OC. The largest absolute Gasteiger partial charge is 0.496 e. The van der Waals surface area contributed by atoms with Gasteiger partial charge in [0.05, 0.1) is 7.11 Å². The van der Waals surface area contributed by atoms with Gasteiger partial charge in [-0.25, -0.2) is 5.43 Å². The molecule has 1 amide bonds. The van der Waals surface area contributed by atoms with Gasteiger partial charge >= 0.3 is 0 Å². The van der Waals surface area contributed by atoms with Crippen LogP contribution in [0.25, 0.3) is 0 Å². The third-order valence-electron chi connectivity index (χ3n) is 2.59. The van der Waals surface area contributed by atoms with Crippen molar-refractivity contribution in [1.82, 2.24) is 10.9 Å². The standard InChI is InChI=1S/C13H20N2O2/c1-9-7-10(2)13(17-4)11(8-9)5-6-12(16)15-14-3/h7-8,14H,5-6H2,1-4H3,(H,15,16). The third kappa shape index (κ3) is 3.75. The number of benzene rings is 1. The molecule has 0 saturated carbocycles. The van der Waals surface area contributed by atoms with E-state index in [9.17, 15) is 4.79 Å². The quantitative estimate of drug-likeness (QED) is 0.762. The Bertz CT molecular complexity index is 403. The molecule has 0 fully saturated rings. The highest BCUT2D eigenvalue weighted by molar-refractivity contribution is 5.75. The van der Waals surface area contributed by atoms with Crippen LogP contribution in [-0.2, 0) is 11.2 Å². The number of amides is 1. The summed E-state index contributed by atoms with van der Waals surface area (Å²) in [4.78, 5) is 11.4. The summed E-state index contributed by atoms with van der Waals surface area (Å²) in [5, 5.41) is 0.